The minimum atomic E-state index is -1.65. The first-order valence-electron chi connectivity index (χ1n) is 10.6. The third kappa shape index (κ3) is 7.32. The molecule has 1 atom stereocenters. The summed E-state index contributed by atoms with van der Waals surface area (Å²) in [6, 6.07) is 15.2. The van der Waals surface area contributed by atoms with Gasteiger partial charge in [0.25, 0.3) is 5.91 Å². The Morgan fingerprint density at radius 1 is 0.939 bits per heavy atom. The van der Waals surface area contributed by atoms with E-state index in [1.54, 1.807) is 45.0 Å². The molecule has 2 aromatic carbocycles. The van der Waals surface area contributed by atoms with E-state index in [1.165, 1.54) is 13.8 Å². The number of rotatable bonds is 9. The van der Waals surface area contributed by atoms with Crippen LogP contribution in [0.1, 0.15) is 45.7 Å². The molecule has 8 nitrogen and oxygen atoms in total. The molecule has 0 aromatic heterocycles. The Bertz CT molecular complexity index is 965. The van der Waals surface area contributed by atoms with Gasteiger partial charge in [0.05, 0.1) is 0 Å². The van der Waals surface area contributed by atoms with Crippen LogP contribution in [0.25, 0.3) is 0 Å². The highest BCUT2D eigenvalue weighted by molar-refractivity contribution is 6.02. The van der Waals surface area contributed by atoms with Crippen LogP contribution in [0.3, 0.4) is 0 Å². The zero-order valence-electron chi connectivity index (χ0n) is 19.7. The first-order chi connectivity index (χ1) is 15.3. The number of hydrogen-bond donors (Lipinski definition) is 2. The van der Waals surface area contributed by atoms with E-state index in [2.05, 4.69) is 0 Å². The molecule has 0 bridgehead atoms. The normalized spacial score (nSPS) is 12.5. The van der Waals surface area contributed by atoms with Crippen LogP contribution in [0.4, 0.5) is 0 Å². The number of carbonyl (C=O) groups is 3. The van der Waals surface area contributed by atoms with Gasteiger partial charge in [-0.25, -0.2) is 10.6 Å². The summed E-state index contributed by atoms with van der Waals surface area (Å²) in [5.74, 6) is 3.64. The van der Waals surface area contributed by atoms with Crippen LogP contribution < -0.4 is 10.6 Å². The fraction of sp³-hybridized carbons (Fsp3) is 0.400. The fourth-order valence-corrected chi connectivity index (χ4v) is 2.95. The van der Waals surface area contributed by atoms with Gasteiger partial charge in [0, 0.05) is 6.42 Å². The lowest BCUT2D eigenvalue weighted by molar-refractivity contribution is -0.174. The summed E-state index contributed by atoms with van der Waals surface area (Å²) in [6.45, 7) is 8.17. The summed E-state index contributed by atoms with van der Waals surface area (Å²) in [4.78, 5) is 37.3. The Hall–Kier alpha value is -3.39. The van der Waals surface area contributed by atoms with Gasteiger partial charge in [-0.15, -0.1) is 0 Å². The average molecular weight is 457 g/mol. The van der Waals surface area contributed by atoms with E-state index < -0.39 is 34.9 Å². The maximum Gasteiger partial charge on any atom is 0.328 e. The molecule has 0 saturated carbocycles. The van der Waals surface area contributed by atoms with Crippen molar-refractivity contribution in [3.05, 3.63) is 65.7 Å². The van der Waals surface area contributed by atoms with Gasteiger partial charge in [-0.2, -0.15) is 0 Å². The van der Waals surface area contributed by atoms with E-state index >= 15 is 0 Å². The van der Waals surface area contributed by atoms with Crippen molar-refractivity contribution in [3.8, 4) is 5.75 Å². The second kappa shape index (κ2) is 10.5. The van der Waals surface area contributed by atoms with Crippen molar-refractivity contribution in [3.63, 3.8) is 0 Å². The number of hydrazine groups is 1. The average Bonchev–Trinajstić information content (AvgIpc) is 2.75. The number of carbonyl (C=O) groups excluding carboxylic acids is 2. The lowest BCUT2D eigenvalue weighted by Crippen LogP contribution is -2.57. The number of amides is 1. The van der Waals surface area contributed by atoms with Gasteiger partial charge in [-0.05, 0) is 57.9 Å². The standard InChI is InChI=1S/C25H32N2O6/c1-24(2,3)33-23(31)25(4,5)22(30)27(26)20(21(28)29)15-17-11-13-19(14-12-17)32-16-18-9-7-6-8-10-18/h6-14,20H,15-16,26H2,1-5H3,(H,28,29). The van der Waals surface area contributed by atoms with Crippen LogP contribution in [0.5, 0.6) is 5.75 Å². The number of carboxylic acid groups (broad SMARTS) is 1. The highest BCUT2D eigenvalue weighted by Crippen LogP contribution is 2.25. The highest BCUT2D eigenvalue weighted by atomic mass is 16.6. The molecule has 0 saturated heterocycles. The minimum absolute atomic E-state index is 0.0407. The van der Waals surface area contributed by atoms with Crippen LogP contribution in [0.15, 0.2) is 54.6 Å². The molecule has 2 rings (SSSR count). The van der Waals surface area contributed by atoms with E-state index in [9.17, 15) is 19.5 Å². The Kier molecular flexibility index (Phi) is 8.22. The molecule has 1 amide bonds. The van der Waals surface area contributed by atoms with Gasteiger partial charge in [0.1, 0.15) is 29.4 Å². The number of carboxylic acids is 1. The lowest BCUT2D eigenvalue weighted by atomic mass is 9.90. The van der Waals surface area contributed by atoms with Crippen molar-refractivity contribution >= 4 is 17.8 Å². The number of aliphatic carboxylic acids is 1. The molecule has 178 valence electrons. The predicted octanol–water partition coefficient (Wildman–Crippen LogP) is 3.33. The maximum absolute atomic E-state index is 12.9. The van der Waals surface area contributed by atoms with E-state index in [4.69, 9.17) is 15.3 Å². The number of hydrogen-bond acceptors (Lipinski definition) is 6. The molecule has 0 radical (unpaired) electrons. The second-order valence-corrected chi connectivity index (χ2v) is 9.32. The van der Waals surface area contributed by atoms with Gasteiger partial charge < -0.3 is 14.6 Å². The molecule has 0 heterocycles. The summed E-state index contributed by atoms with van der Waals surface area (Å²) < 4.78 is 11.0. The first-order valence-corrected chi connectivity index (χ1v) is 10.6. The topological polar surface area (TPSA) is 119 Å². The van der Waals surface area contributed by atoms with E-state index in [0.717, 1.165) is 5.56 Å². The zero-order valence-corrected chi connectivity index (χ0v) is 19.7. The molecule has 0 aliphatic heterocycles. The number of ether oxygens (including phenoxy) is 2. The van der Waals surface area contributed by atoms with E-state index in [1.807, 2.05) is 30.3 Å². The molecule has 0 aliphatic rings. The number of esters is 1. The zero-order chi connectivity index (χ0) is 24.8. The summed E-state index contributed by atoms with van der Waals surface area (Å²) in [5.41, 5.74) is -0.777. The molecular weight excluding hydrogens is 424 g/mol. The molecule has 8 heteroatoms. The molecule has 3 N–H and O–H groups in total. The summed E-state index contributed by atoms with van der Waals surface area (Å²) in [5, 5.41) is 10.3. The number of nitrogens with zero attached hydrogens (tertiary/aromatic N) is 1. The summed E-state index contributed by atoms with van der Waals surface area (Å²) >= 11 is 0. The summed E-state index contributed by atoms with van der Waals surface area (Å²) in [7, 11) is 0. The molecule has 0 aliphatic carbocycles. The van der Waals surface area contributed by atoms with Gasteiger partial charge in [-0.1, -0.05) is 42.5 Å². The molecule has 1 unspecified atom stereocenters. The van der Waals surface area contributed by atoms with Crippen LogP contribution in [-0.4, -0.2) is 39.6 Å². The van der Waals surface area contributed by atoms with Crippen molar-refractivity contribution in [2.45, 2.75) is 59.3 Å². The minimum Gasteiger partial charge on any atom is -0.489 e. The Morgan fingerprint density at radius 2 is 1.52 bits per heavy atom. The second-order valence-electron chi connectivity index (χ2n) is 9.32. The van der Waals surface area contributed by atoms with Crippen molar-refractivity contribution in [1.82, 2.24) is 5.01 Å². The van der Waals surface area contributed by atoms with Crippen molar-refractivity contribution in [2.24, 2.45) is 11.3 Å². The summed E-state index contributed by atoms with van der Waals surface area (Å²) in [6.07, 6.45) is -0.0407. The van der Waals surface area contributed by atoms with E-state index in [0.29, 0.717) is 22.9 Å². The smallest absolute Gasteiger partial charge is 0.328 e. The number of benzene rings is 2. The van der Waals surface area contributed by atoms with Crippen LogP contribution in [0, 0.1) is 5.41 Å². The predicted molar refractivity (Wildman–Crippen MR) is 123 cm³/mol. The Balaban J connectivity index is 2.07. The van der Waals surface area contributed by atoms with Crippen molar-refractivity contribution < 1.29 is 29.0 Å². The quantitative estimate of drug-likeness (QED) is 0.195. The largest absolute Gasteiger partial charge is 0.489 e. The Morgan fingerprint density at radius 3 is 2.03 bits per heavy atom. The van der Waals surface area contributed by atoms with Gasteiger partial charge in [0.15, 0.2) is 0 Å². The fourth-order valence-electron chi connectivity index (χ4n) is 2.95. The van der Waals surface area contributed by atoms with E-state index in [-0.39, 0.29) is 6.42 Å². The molecule has 0 fully saturated rings. The third-order valence-corrected chi connectivity index (χ3v) is 4.90. The van der Waals surface area contributed by atoms with Gasteiger partial charge in [-0.3, -0.25) is 14.6 Å². The van der Waals surface area contributed by atoms with Gasteiger partial charge >= 0.3 is 11.9 Å². The lowest BCUT2D eigenvalue weighted by Gasteiger charge is -2.33. The van der Waals surface area contributed by atoms with Crippen LogP contribution >= 0.6 is 0 Å². The SMILES string of the molecule is CC(C)(C)OC(=O)C(C)(C)C(=O)N(N)C(Cc1ccc(OCc2ccccc2)cc1)C(=O)O. The molecule has 2 aromatic rings. The van der Waals surface area contributed by atoms with Crippen molar-refractivity contribution in [2.75, 3.05) is 0 Å². The molecule has 33 heavy (non-hydrogen) atoms. The molecule has 0 spiro atoms. The highest BCUT2D eigenvalue weighted by Gasteiger charge is 2.44. The first kappa shape index (κ1) is 25.9. The van der Waals surface area contributed by atoms with Crippen LogP contribution in [-0.2, 0) is 32.1 Å². The monoisotopic (exact) mass is 456 g/mol. The van der Waals surface area contributed by atoms with Gasteiger partial charge in [0.2, 0.25) is 0 Å². The molecular formula is C25H32N2O6. The van der Waals surface area contributed by atoms with Crippen LogP contribution in [0.2, 0.25) is 0 Å². The Labute approximate surface area is 194 Å². The van der Waals surface area contributed by atoms with Crippen molar-refractivity contribution in [1.29, 1.82) is 0 Å². The number of nitrogens with two attached hydrogens (primary N) is 1. The maximum atomic E-state index is 12.9. The third-order valence-electron chi connectivity index (χ3n) is 4.90.